The number of hydrogen-bond donors (Lipinski definition) is 0. The Morgan fingerprint density at radius 2 is 1.89 bits per heavy atom. The molecule has 0 saturated heterocycles. The quantitative estimate of drug-likeness (QED) is 0.394. The van der Waals surface area contributed by atoms with Crippen LogP contribution >= 0.6 is 0 Å². The van der Waals surface area contributed by atoms with Gasteiger partial charge in [-0.1, -0.05) is 18.2 Å². The summed E-state index contributed by atoms with van der Waals surface area (Å²) in [5.41, 5.74) is 2.10. The molecule has 0 fully saturated rings. The van der Waals surface area contributed by atoms with Crippen LogP contribution in [0, 0.1) is 0 Å². The molecule has 0 aliphatic carbocycles. The molecule has 0 aliphatic heterocycles. The number of nitrogens with zero attached hydrogens (tertiary/aromatic N) is 2. The van der Waals surface area contributed by atoms with Gasteiger partial charge in [0, 0.05) is 12.6 Å². The smallest absolute Gasteiger partial charge is 0.133 e. The van der Waals surface area contributed by atoms with Gasteiger partial charge in [0.2, 0.25) is 0 Å². The summed E-state index contributed by atoms with van der Waals surface area (Å²) in [6, 6.07) is 19.6. The molecule has 0 amide bonds. The summed E-state index contributed by atoms with van der Waals surface area (Å²) < 4.78 is 18.7. The van der Waals surface area contributed by atoms with Crippen LogP contribution in [0.5, 0.6) is 11.5 Å². The number of ether oxygens (including phenoxy) is 2. The van der Waals surface area contributed by atoms with Crippen LogP contribution in [0.2, 0.25) is 0 Å². The van der Waals surface area contributed by atoms with Crippen molar-refractivity contribution in [2.24, 2.45) is 0 Å². The maximum Gasteiger partial charge on any atom is 0.133 e. The van der Waals surface area contributed by atoms with Crippen LogP contribution in [0.1, 0.15) is 18.0 Å². The van der Waals surface area contributed by atoms with E-state index in [2.05, 4.69) is 10.6 Å². The SMILES string of the molecule is COc1cccc(OCCCn2c(/C=C/c3ccco3)nc3ccccc32)c1. The van der Waals surface area contributed by atoms with Crippen LogP contribution < -0.4 is 9.47 Å². The Kier molecular flexibility index (Phi) is 5.43. The van der Waals surface area contributed by atoms with Crippen LogP contribution in [-0.2, 0) is 6.54 Å². The molecule has 2 heterocycles. The van der Waals surface area contributed by atoms with Gasteiger partial charge in [0.25, 0.3) is 0 Å². The largest absolute Gasteiger partial charge is 0.497 e. The third-order valence-electron chi connectivity index (χ3n) is 4.46. The van der Waals surface area contributed by atoms with Crippen molar-refractivity contribution in [3.63, 3.8) is 0 Å². The summed E-state index contributed by atoms with van der Waals surface area (Å²) in [4.78, 5) is 4.75. The van der Waals surface area contributed by atoms with Gasteiger partial charge in [-0.2, -0.15) is 0 Å². The van der Waals surface area contributed by atoms with E-state index in [1.165, 1.54) is 0 Å². The molecule has 0 spiro atoms. The second-order valence-electron chi connectivity index (χ2n) is 6.34. The Bertz CT molecular complexity index is 1060. The summed E-state index contributed by atoms with van der Waals surface area (Å²) >= 11 is 0. The zero-order valence-electron chi connectivity index (χ0n) is 15.7. The zero-order valence-corrected chi connectivity index (χ0v) is 15.7. The number of imidazole rings is 1. The van der Waals surface area contributed by atoms with Gasteiger partial charge >= 0.3 is 0 Å². The maximum absolute atomic E-state index is 5.87. The highest BCUT2D eigenvalue weighted by molar-refractivity contribution is 5.79. The fourth-order valence-electron chi connectivity index (χ4n) is 3.10. The molecule has 4 rings (SSSR count). The number of hydrogen-bond acceptors (Lipinski definition) is 4. The first-order valence-corrected chi connectivity index (χ1v) is 9.27. The lowest BCUT2D eigenvalue weighted by Gasteiger charge is -2.10. The number of aryl methyl sites for hydroxylation is 1. The molecule has 0 aliphatic rings. The highest BCUT2D eigenvalue weighted by atomic mass is 16.5. The molecule has 0 radical (unpaired) electrons. The number of methoxy groups -OCH3 is 1. The Morgan fingerprint density at radius 3 is 2.75 bits per heavy atom. The van der Waals surface area contributed by atoms with Gasteiger partial charge in [-0.3, -0.25) is 0 Å². The van der Waals surface area contributed by atoms with E-state index in [4.69, 9.17) is 18.9 Å². The summed E-state index contributed by atoms with van der Waals surface area (Å²) in [5.74, 6) is 3.31. The summed E-state index contributed by atoms with van der Waals surface area (Å²) in [6.07, 6.45) is 6.45. The Balaban J connectivity index is 1.46. The van der Waals surface area contributed by atoms with E-state index in [-0.39, 0.29) is 0 Å². The van der Waals surface area contributed by atoms with Gasteiger partial charge < -0.3 is 18.5 Å². The van der Waals surface area contributed by atoms with Crippen LogP contribution in [-0.4, -0.2) is 23.3 Å². The minimum absolute atomic E-state index is 0.612. The molecule has 5 heteroatoms. The lowest BCUT2D eigenvalue weighted by molar-refractivity contribution is 0.300. The molecule has 5 nitrogen and oxygen atoms in total. The van der Waals surface area contributed by atoms with Crippen LogP contribution in [0.15, 0.2) is 71.3 Å². The van der Waals surface area contributed by atoms with Gasteiger partial charge in [0.15, 0.2) is 0 Å². The third-order valence-corrected chi connectivity index (χ3v) is 4.46. The molecule has 142 valence electrons. The van der Waals surface area contributed by atoms with E-state index < -0.39 is 0 Å². The summed E-state index contributed by atoms with van der Waals surface area (Å²) in [5, 5.41) is 0. The summed E-state index contributed by atoms with van der Waals surface area (Å²) in [7, 11) is 1.65. The van der Waals surface area contributed by atoms with Crippen LogP contribution in [0.4, 0.5) is 0 Å². The molecule has 0 bridgehead atoms. The molecule has 0 atom stereocenters. The van der Waals surface area contributed by atoms with Gasteiger partial charge in [-0.25, -0.2) is 4.98 Å². The van der Waals surface area contributed by atoms with Crippen molar-refractivity contribution in [2.75, 3.05) is 13.7 Å². The third kappa shape index (κ3) is 4.09. The van der Waals surface area contributed by atoms with E-state index in [0.717, 1.165) is 47.1 Å². The average Bonchev–Trinajstić information content (AvgIpc) is 3.37. The van der Waals surface area contributed by atoms with E-state index in [0.29, 0.717) is 6.61 Å². The number of fused-ring (bicyclic) bond motifs is 1. The van der Waals surface area contributed by atoms with Crippen molar-refractivity contribution >= 4 is 23.2 Å². The zero-order chi connectivity index (χ0) is 19.2. The highest BCUT2D eigenvalue weighted by Crippen LogP contribution is 2.21. The molecule has 0 saturated carbocycles. The molecule has 28 heavy (non-hydrogen) atoms. The Hall–Kier alpha value is -3.47. The summed E-state index contributed by atoms with van der Waals surface area (Å²) in [6.45, 7) is 1.42. The Labute approximate surface area is 163 Å². The first kappa shape index (κ1) is 17.9. The van der Waals surface area contributed by atoms with Crippen LogP contribution in [0.25, 0.3) is 23.2 Å². The van der Waals surface area contributed by atoms with E-state index >= 15 is 0 Å². The number of furan rings is 1. The lowest BCUT2D eigenvalue weighted by atomic mass is 10.3. The molecule has 2 aromatic heterocycles. The van der Waals surface area contributed by atoms with Crippen molar-refractivity contribution in [1.29, 1.82) is 0 Å². The van der Waals surface area contributed by atoms with Crippen molar-refractivity contribution in [3.05, 3.63) is 78.5 Å². The topological polar surface area (TPSA) is 49.4 Å². The molecule has 2 aromatic carbocycles. The Morgan fingerprint density at radius 1 is 1.00 bits per heavy atom. The van der Waals surface area contributed by atoms with Crippen molar-refractivity contribution < 1.29 is 13.9 Å². The predicted molar refractivity (Wildman–Crippen MR) is 110 cm³/mol. The predicted octanol–water partition coefficient (Wildman–Crippen LogP) is 5.28. The maximum atomic E-state index is 5.87. The standard InChI is InChI=1S/C23H22N2O3/c1-26-19-7-4-8-20(17-19)28-16-6-14-25-22-11-3-2-10-21(22)24-23(25)13-12-18-9-5-15-27-18/h2-5,7-13,15,17H,6,14,16H2,1H3/b13-12+. The normalized spacial score (nSPS) is 11.3. The van der Waals surface area contributed by atoms with Crippen molar-refractivity contribution in [1.82, 2.24) is 9.55 Å². The molecular weight excluding hydrogens is 352 g/mol. The fourth-order valence-corrected chi connectivity index (χ4v) is 3.10. The minimum atomic E-state index is 0.612. The van der Waals surface area contributed by atoms with Gasteiger partial charge in [0.1, 0.15) is 23.1 Å². The number of rotatable bonds is 8. The molecule has 0 N–H and O–H groups in total. The molecular formula is C23H22N2O3. The number of benzene rings is 2. The molecule has 0 unspecified atom stereocenters. The van der Waals surface area contributed by atoms with Gasteiger partial charge in [0.05, 0.1) is 31.0 Å². The van der Waals surface area contributed by atoms with E-state index in [1.807, 2.05) is 66.7 Å². The van der Waals surface area contributed by atoms with E-state index in [1.54, 1.807) is 13.4 Å². The molecule has 4 aromatic rings. The van der Waals surface area contributed by atoms with Gasteiger partial charge in [-0.05, 0) is 55.0 Å². The highest BCUT2D eigenvalue weighted by Gasteiger charge is 2.08. The first-order valence-electron chi connectivity index (χ1n) is 9.27. The van der Waals surface area contributed by atoms with Crippen LogP contribution in [0.3, 0.4) is 0 Å². The average molecular weight is 374 g/mol. The van der Waals surface area contributed by atoms with Crippen molar-refractivity contribution in [2.45, 2.75) is 13.0 Å². The second kappa shape index (κ2) is 8.48. The number of para-hydroxylation sites is 2. The van der Waals surface area contributed by atoms with Crippen molar-refractivity contribution in [3.8, 4) is 11.5 Å². The second-order valence-corrected chi connectivity index (χ2v) is 6.34. The van der Waals surface area contributed by atoms with Gasteiger partial charge in [-0.15, -0.1) is 0 Å². The van der Waals surface area contributed by atoms with E-state index in [9.17, 15) is 0 Å². The fraction of sp³-hybridized carbons (Fsp3) is 0.174. The lowest BCUT2D eigenvalue weighted by Crippen LogP contribution is -2.06. The number of aromatic nitrogens is 2. The first-order chi connectivity index (χ1) is 13.8. The monoisotopic (exact) mass is 374 g/mol. The minimum Gasteiger partial charge on any atom is -0.497 e.